The fourth-order valence-corrected chi connectivity index (χ4v) is 2.06. The summed E-state index contributed by atoms with van der Waals surface area (Å²) in [6.07, 6.45) is 4.76. The van der Waals surface area contributed by atoms with Gasteiger partial charge in [0.05, 0.1) is 6.61 Å². The summed E-state index contributed by atoms with van der Waals surface area (Å²) in [5.74, 6) is 0. The van der Waals surface area contributed by atoms with E-state index in [2.05, 4.69) is 5.32 Å². The van der Waals surface area contributed by atoms with E-state index in [9.17, 15) is 4.79 Å². The van der Waals surface area contributed by atoms with Crippen LogP contribution in [0.2, 0.25) is 0 Å². The normalized spacial score (nSPS) is 16.4. The Hall–Kier alpha value is -0.770. The third-order valence-electron chi connectivity index (χ3n) is 3.06. The standard InChI is InChI=1S/C12H24N2O2/c1-3-14(9-10-16-4-2)12(15)13-11-7-5-6-8-11/h11H,3-10H2,1-2H3,(H,13,15). The van der Waals surface area contributed by atoms with E-state index in [4.69, 9.17) is 4.74 Å². The summed E-state index contributed by atoms with van der Waals surface area (Å²) in [5, 5.41) is 3.09. The molecule has 0 aromatic carbocycles. The molecule has 0 spiro atoms. The average molecular weight is 228 g/mol. The van der Waals surface area contributed by atoms with Crippen LogP contribution in [-0.2, 0) is 4.74 Å². The number of urea groups is 1. The largest absolute Gasteiger partial charge is 0.380 e. The average Bonchev–Trinajstić information content (AvgIpc) is 2.77. The van der Waals surface area contributed by atoms with Crippen LogP contribution >= 0.6 is 0 Å². The smallest absolute Gasteiger partial charge is 0.317 e. The molecular weight excluding hydrogens is 204 g/mol. The molecular formula is C12H24N2O2. The summed E-state index contributed by atoms with van der Waals surface area (Å²) in [7, 11) is 0. The second kappa shape index (κ2) is 7.49. The third kappa shape index (κ3) is 4.39. The van der Waals surface area contributed by atoms with Crippen molar-refractivity contribution in [3.8, 4) is 0 Å². The molecule has 1 aliphatic carbocycles. The van der Waals surface area contributed by atoms with E-state index < -0.39 is 0 Å². The minimum Gasteiger partial charge on any atom is -0.380 e. The van der Waals surface area contributed by atoms with Crippen LogP contribution in [-0.4, -0.2) is 43.3 Å². The number of amides is 2. The van der Waals surface area contributed by atoms with Gasteiger partial charge in [-0.2, -0.15) is 0 Å². The first-order valence-corrected chi connectivity index (χ1v) is 6.41. The van der Waals surface area contributed by atoms with E-state index in [0.717, 1.165) is 19.4 Å². The second-order valence-corrected chi connectivity index (χ2v) is 4.21. The summed E-state index contributed by atoms with van der Waals surface area (Å²) < 4.78 is 5.26. The molecule has 0 radical (unpaired) electrons. The lowest BCUT2D eigenvalue weighted by Crippen LogP contribution is -2.45. The molecule has 0 saturated heterocycles. The zero-order valence-corrected chi connectivity index (χ0v) is 10.5. The SMILES string of the molecule is CCOCCN(CC)C(=O)NC1CCCC1. The summed E-state index contributed by atoms with van der Waals surface area (Å²) in [6.45, 7) is 6.73. The molecule has 0 unspecified atom stereocenters. The first-order valence-electron chi connectivity index (χ1n) is 6.41. The fourth-order valence-electron chi connectivity index (χ4n) is 2.06. The Morgan fingerprint density at radius 3 is 2.62 bits per heavy atom. The van der Waals surface area contributed by atoms with E-state index in [1.54, 1.807) is 0 Å². The molecule has 0 aliphatic heterocycles. The molecule has 0 heterocycles. The molecule has 1 saturated carbocycles. The van der Waals surface area contributed by atoms with Crippen LogP contribution in [0.5, 0.6) is 0 Å². The van der Waals surface area contributed by atoms with Crippen LogP contribution in [0.1, 0.15) is 39.5 Å². The molecule has 2 amide bonds. The fraction of sp³-hybridized carbons (Fsp3) is 0.917. The van der Waals surface area contributed by atoms with Gasteiger partial charge in [-0.15, -0.1) is 0 Å². The number of hydrogen-bond donors (Lipinski definition) is 1. The van der Waals surface area contributed by atoms with Crippen LogP contribution < -0.4 is 5.32 Å². The minimum absolute atomic E-state index is 0.0640. The highest BCUT2D eigenvalue weighted by atomic mass is 16.5. The molecule has 0 aromatic rings. The number of carbonyl (C=O) groups is 1. The van der Waals surface area contributed by atoms with Crippen molar-refractivity contribution in [2.75, 3.05) is 26.3 Å². The van der Waals surface area contributed by atoms with Crippen molar-refractivity contribution in [2.24, 2.45) is 0 Å². The maximum Gasteiger partial charge on any atom is 0.317 e. The molecule has 0 bridgehead atoms. The van der Waals surface area contributed by atoms with E-state index >= 15 is 0 Å². The Morgan fingerprint density at radius 1 is 1.38 bits per heavy atom. The van der Waals surface area contributed by atoms with Gasteiger partial charge >= 0.3 is 6.03 Å². The first-order chi connectivity index (χ1) is 7.77. The molecule has 16 heavy (non-hydrogen) atoms. The van der Waals surface area contributed by atoms with Crippen molar-refractivity contribution in [2.45, 2.75) is 45.6 Å². The molecule has 0 aromatic heterocycles. The van der Waals surface area contributed by atoms with Crippen molar-refractivity contribution in [3.63, 3.8) is 0 Å². The van der Waals surface area contributed by atoms with Gasteiger partial charge in [0.1, 0.15) is 0 Å². The van der Waals surface area contributed by atoms with Crippen LogP contribution in [0.4, 0.5) is 4.79 Å². The van der Waals surface area contributed by atoms with Crippen LogP contribution in [0, 0.1) is 0 Å². The third-order valence-corrected chi connectivity index (χ3v) is 3.06. The van der Waals surface area contributed by atoms with E-state index in [1.807, 2.05) is 18.7 Å². The summed E-state index contributed by atoms with van der Waals surface area (Å²) in [5.41, 5.74) is 0. The van der Waals surface area contributed by atoms with Gasteiger partial charge in [-0.1, -0.05) is 12.8 Å². The molecule has 0 atom stereocenters. The van der Waals surface area contributed by atoms with Crippen molar-refractivity contribution >= 4 is 6.03 Å². The van der Waals surface area contributed by atoms with Crippen LogP contribution in [0.3, 0.4) is 0 Å². The van der Waals surface area contributed by atoms with Gasteiger partial charge in [0.15, 0.2) is 0 Å². The van der Waals surface area contributed by atoms with Gasteiger partial charge < -0.3 is 15.0 Å². The Labute approximate surface area is 98.3 Å². The monoisotopic (exact) mass is 228 g/mol. The highest BCUT2D eigenvalue weighted by Gasteiger charge is 2.19. The number of hydrogen-bond acceptors (Lipinski definition) is 2. The second-order valence-electron chi connectivity index (χ2n) is 4.21. The number of rotatable bonds is 6. The Bertz CT molecular complexity index is 203. The quantitative estimate of drug-likeness (QED) is 0.706. The van der Waals surface area contributed by atoms with Gasteiger partial charge in [0.25, 0.3) is 0 Å². The predicted octanol–water partition coefficient (Wildman–Crippen LogP) is 2.00. The topological polar surface area (TPSA) is 41.6 Å². The number of likely N-dealkylation sites (N-methyl/N-ethyl adjacent to an activating group) is 1. The highest BCUT2D eigenvalue weighted by Crippen LogP contribution is 2.17. The predicted molar refractivity (Wildman–Crippen MR) is 64.5 cm³/mol. The minimum atomic E-state index is 0.0640. The number of carbonyl (C=O) groups excluding carboxylic acids is 1. The summed E-state index contributed by atoms with van der Waals surface area (Å²) >= 11 is 0. The highest BCUT2D eigenvalue weighted by molar-refractivity contribution is 5.74. The van der Waals surface area contributed by atoms with Gasteiger partial charge in [0, 0.05) is 25.7 Å². The zero-order chi connectivity index (χ0) is 11.8. The van der Waals surface area contributed by atoms with Crippen LogP contribution in [0.25, 0.3) is 0 Å². The Morgan fingerprint density at radius 2 is 2.06 bits per heavy atom. The Kier molecular flexibility index (Phi) is 6.23. The number of nitrogens with zero attached hydrogens (tertiary/aromatic N) is 1. The molecule has 1 fully saturated rings. The van der Waals surface area contributed by atoms with Gasteiger partial charge in [-0.25, -0.2) is 4.79 Å². The van der Waals surface area contributed by atoms with Crippen molar-refractivity contribution in [1.82, 2.24) is 10.2 Å². The van der Waals surface area contributed by atoms with E-state index in [0.29, 0.717) is 25.8 Å². The van der Waals surface area contributed by atoms with Crippen molar-refractivity contribution < 1.29 is 9.53 Å². The molecule has 4 nitrogen and oxygen atoms in total. The molecule has 94 valence electrons. The molecule has 1 N–H and O–H groups in total. The maximum absolute atomic E-state index is 11.9. The van der Waals surface area contributed by atoms with Gasteiger partial charge in [-0.05, 0) is 26.7 Å². The van der Waals surface area contributed by atoms with E-state index in [1.165, 1.54) is 12.8 Å². The van der Waals surface area contributed by atoms with Gasteiger partial charge in [-0.3, -0.25) is 0 Å². The lowest BCUT2D eigenvalue weighted by atomic mass is 10.2. The first kappa shape index (κ1) is 13.3. The Balaban J connectivity index is 2.24. The van der Waals surface area contributed by atoms with Crippen molar-refractivity contribution in [3.05, 3.63) is 0 Å². The lowest BCUT2D eigenvalue weighted by molar-refractivity contribution is 0.119. The summed E-state index contributed by atoms with van der Waals surface area (Å²) in [6, 6.07) is 0.461. The number of ether oxygens (including phenoxy) is 1. The molecule has 1 aliphatic rings. The zero-order valence-electron chi connectivity index (χ0n) is 10.5. The van der Waals surface area contributed by atoms with E-state index in [-0.39, 0.29) is 6.03 Å². The molecule has 4 heteroatoms. The lowest BCUT2D eigenvalue weighted by Gasteiger charge is -2.23. The van der Waals surface area contributed by atoms with Crippen molar-refractivity contribution in [1.29, 1.82) is 0 Å². The van der Waals surface area contributed by atoms with Gasteiger partial charge in [0.2, 0.25) is 0 Å². The maximum atomic E-state index is 11.9. The number of nitrogens with one attached hydrogen (secondary N) is 1. The van der Waals surface area contributed by atoms with Crippen LogP contribution in [0.15, 0.2) is 0 Å². The summed E-state index contributed by atoms with van der Waals surface area (Å²) in [4.78, 5) is 13.7. The molecule has 1 rings (SSSR count).